The SMILES string of the molecule is N=C(N[N+](=O)[O-])N1CCN(C(=O)CCl)CC1. The molecule has 1 amide bonds. The molecule has 0 aromatic carbocycles. The third-order valence-electron chi connectivity index (χ3n) is 2.26. The number of alkyl halides is 1. The van der Waals surface area contributed by atoms with E-state index in [1.54, 1.807) is 10.3 Å². The van der Waals surface area contributed by atoms with Gasteiger partial charge in [-0.05, 0) is 0 Å². The van der Waals surface area contributed by atoms with E-state index in [9.17, 15) is 14.9 Å². The molecule has 0 saturated carbocycles. The lowest BCUT2D eigenvalue weighted by Gasteiger charge is -2.34. The Morgan fingerprint density at radius 1 is 1.38 bits per heavy atom. The average Bonchev–Trinajstić information content (AvgIpc) is 2.27. The third kappa shape index (κ3) is 3.23. The Kier molecular flexibility index (Phi) is 4.29. The number of nitrogens with one attached hydrogen (secondary N) is 2. The van der Waals surface area contributed by atoms with Gasteiger partial charge < -0.3 is 9.80 Å². The lowest BCUT2D eigenvalue weighted by Crippen LogP contribution is -2.54. The maximum Gasteiger partial charge on any atom is 0.254 e. The number of amides is 1. The van der Waals surface area contributed by atoms with Crippen molar-refractivity contribution in [3.05, 3.63) is 10.1 Å². The number of piperazine rings is 1. The molecule has 9 heteroatoms. The molecule has 0 radical (unpaired) electrons. The van der Waals surface area contributed by atoms with E-state index in [2.05, 4.69) is 0 Å². The predicted molar refractivity (Wildman–Crippen MR) is 56.7 cm³/mol. The first kappa shape index (κ1) is 12.5. The summed E-state index contributed by atoms with van der Waals surface area (Å²) in [5.41, 5.74) is 1.77. The second-order valence-corrected chi connectivity index (χ2v) is 3.49. The largest absolute Gasteiger partial charge is 0.338 e. The van der Waals surface area contributed by atoms with Crippen LogP contribution in [0.1, 0.15) is 0 Å². The monoisotopic (exact) mass is 249 g/mol. The molecule has 1 fully saturated rings. The number of halogens is 1. The van der Waals surface area contributed by atoms with Crippen molar-refractivity contribution in [2.45, 2.75) is 0 Å². The molecule has 0 aromatic rings. The number of rotatable bonds is 2. The molecule has 1 heterocycles. The maximum atomic E-state index is 11.2. The smallest absolute Gasteiger partial charge is 0.254 e. The molecule has 1 rings (SSSR count). The van der Waals surface area contributed by atoms with Gasteiger partial charge in [0.1, 0.15) is 5.88 Å². The fraction of sp³-hybridized carbons (Fsp3) is 0.714. The van der Waals surface area contributed by atoms with Gasteiger partial charge in [-0.3, -0.25) is 10.2 Å². The van der Waals surface area contributed by atoms with Crippen molar-refractivity contribution in [1.29, 1.82) is 5.41 Å². The summed E-state index contributed by atoms with van der Waals surface area (Å²) in [7, 11) is 0. The van der Waals surface area contributed by atoms with Crippen molar-refractivity contribution >= 4 is 23.5 Å². The molecule has 0 aliphatic carbocycles. The highest BCUT2D eigenvalue weighted by Gasteiger charge is 2.23. The van der Waals surface area contributed by atoms with E-state index in [1.165, 1.54) is 4.90 Å². The van der Waals surface area contributed by atoms with Crippen LogP contribution in [0.3, 0.4) is 0 Å². The van der Waals surface area contributed by atoms with Gasteiger partial charge in [0.2, 0.25) is 5.91 Å². The molecule has 0 atom stereocenters. The quantitative estimate of drug-likeness (QED) is 0.217. The van der Waals surface area contributed by atoms with Crippen LogP contribution in [0.25, 0.3) is 0 Å². The summed E-state index contributed by atoms with van der Waals surface area (Å²) in [6, 6.07) is 0. The van der Waals surface area contributed by atoms with E-state index in [0.29, 0.717) is 26.2 Å². The van der Waals surface area contributed by atoms with E-state index in [1.807, 2.05) is 0 Å². The number of nitro groups is 1. The Bertz CT molecular complexity index is 302. The molecule has 0 bridgehead atoms. The number of carbonyl (C=O) groups is 1. The Balaban J connectivity index is 2.40. The van der Waals surface area contributed by atoms with E-state index in [0.717, 1.165) is 0 Å². The van der Waals surface area contributed by atoms with Crippen LogP contribution < -0.4 is 5.43 Å². The highest BCUT2D eigenvalue weighted by molar-refractivity contribution is 6.27. The van der Waals surface area contributed by atoms with Crippen LogP contribution in [0.5, 0.6) is 0 Å². The van der Waals surface area contributed by atoms with Gasteiger partial charge in [0.25, 0.3) is 5.96 Å². The molecule has 90 valence electrons. The van der Waals surface area contributed by atoms with Gasteiger partial charge in [-0.1, -0.05) is 5.43 Å². The molecule has 0 unspecified atom stereocenters. The first-order valence-corrected chi connectivity index (χ1v) is 5.16. The fourth-order valence-corrected chi connectivity index (χ4v) is 1.59. The number of nitrogens with zero attached hydrogens (tertiary/aromatic N) is 3. The van der Waals surface area contributed by atoms with Crippen molar-refractivity contribution < 1.29 is 9.83 Å². The summed E-state index contributed by atoms with van der Waals surface area (Å²) in [5, 5.41) is 16.7. The van der Waals surface area contributed by atoms with Gasteiger partial charge in [0.05, 0.1) is 0 Å². The zero-order valence-corrected chi connectivity index (χ0v) is 9.24. The summed E-state index contributed by atoms with van der Waals surface area (Å²) in [6.07, 6.45) is 0. The van der Waals surface area contributed by atoms with E-state index in [-0.39, 0.29) is 17.7 Å². The maximum absolute atomic E-state index is 11.2. The van der Waals surface area contributed by atoms with Crippen molar-refractivity contribution in [2.75, 3.05) is 32.1 Å². The van der Waals surface area contributed by atoms with Crippen molar-refractivity contribution in [1.82, 2.24) is 15.2 Å². The fourth-order valence-electron chi connectivity index (χ4n) is 1.42. The first-order chi connectivity index (χ1) is 7.54. The standard InChI is InChI=1S/C7H12ClN5O3/c8-5-6(14)11-1-3-12(4-2-11)7(9)10-13(15)16/h1-5H2,(H2,9,10). The van der Waals surface area contributed by atoms with Crippen LogP contribution in [-0.2, 0) is 4.79 Å². The van der Waals surface area contributed by atoms with E-state index in [4.69, 9.17) is 17.0 Å². The number of hydrazine groups is 1. The lowest BCUT2D eigenvalue weighted by atomic mass is 10.3. The predicted octanol–water partition coefficient (Wildman–Crippen LogP) is -0.915. The summed E-state index contributed by atoms with van der Waals surface area (Å²) < 4.78 is 0. The van der Waals surface area contributed by atoms with Crippen LogP contribution in [0, 0.1) is 15.5 Å². The first-order valence-electron chi connectivity index (χ1n) is 4.63. The Hall–Kier alpha value is -1.57. The minimum atomic E-state index is -0.779. The Morgan fingerprint density at radius 3 is 2.31 bits per heavy atom. The van der Waals surface area contributed by atoms with Gasteiger partial charge in [-0.25, -0.2) is 10.1 Å². The Morgan fingerprint density at radius 2 is 1.88 bits per heavy atom. The molecule has 1 aliphatic heterocycles. The minimum absolute atomic E-state index is 0.0649. The molecular formula is C7H12ClN5O3. The molecule has 0 spiro atoms. The third-order valence-corrected chi connectivity index (χ3v) is 2.49. The summed E-state index contributed by atoms with van der Waals surface area (Å²) in [4.78, 5) is 24.4. The van der Waals surface area contributed by atoms with E-state index < -0.39 is 5.03 Å². The lowest BCUT2D eigenvalue weighted by molar-refractivity contribution is -0.526. The zero-order valence-electron chi connectivity index (χ0n) is 8.48. The molecule has 0 aromatic heterocycles. The highest BCUT2D eigenvalue weighted by Crippen LogP contribution is 2.02. The van der Waals surface area contributed by atoms with Gasteiger partial charge >= 0.3 is 0 Å². The second-order valence-electron chi connectivity index (χ2n) is 3.22. The molecular weight excluding hydrogens is 238 g/mol. The van der Waals surface area contributed by atoms with Crippen LogP contribution in [0.2, 0.25) is 0 Å². The molecule has 2 N–H and O–H groups in total. The topological polar surface area (TPSA) is 103 Å². The summed E-state index contributed by atoms with van der Waals surface area (Å²) in [6.45, 7) is 1.63. The molecule has 1 saturated heterocycles. The normalized spacial score (nSPS) is 15.8. The Labute approximate surface area is 96.8 Å². The van der Waals surface area contributed by atoms with Crippen LogP contribution in [0.4, 0.5) is 0 Å². The van der Waals surface area contributed by atoms with Crippen molar-refractivity contribution in [3.63, 3.8) is 0 Å². The van der Waals surface area contributed by atoms with Gasteiger partial charge in [-0.15, -0.1) is 11.6 Å². The van der Waals surface area contributed by atoms with Gasteiger partial charge in [0.15, 0.2) is 5.03 Å². The van der Waals surface area contributed by atoms with Crippen molar-refractivity contribution in [3.8, 4) is 0 Å². The number of hydrogen-bond donors (Lipinski definition) is 2. The zero-order chi connectivity index (χ0) is 12.1. The van der Waals surface area contributed by atoms with Crippen LogP contribution >= 0.6 is 11.6 Å². The van der Waals surface area contributed by atoms with Crippen LogP contribution in [-0.4, -0.2) is 58.8 Å². The number of hydrogen-bond acceptors (Lipinski definition) is 4. The average molecular weight is 250 g/mol. The van der Waals surface area contributed by atoms with Gasteiger partial charge in [-0.2, -0.15) is 0 Å². The van der Waals surface area contributed by atoms with Crippen molar-refractivity contribution in [2.24, 2.45) is 0 Å². The summed E-state index contributed by atoms with van der Waals surface area (Å²) in [5.74, 6) is -0.483. The van der Waals surface area contributed by atoms with Crippen LogP contribution in [0.15, 0.2) is 0 Å². The second kappa shape index (κ2) is 5.50. The van der Waals surface area contributed by atoms with E-state index >= 15 is 0 Å². The number of guanidine groups is 1. The molecule has 8 nitrogen and oxygen atoms in total. The summed E-state index contributed by atoms with van der Waals surface area (Å²) >= 11 is 5.40. The number of carbonyl (C=O) groups excluding carboxylic acids is 1. The van der Waals surface area contributed by atoms with Gasteiger partial charge in [0, 0.05) is 26.2 Å². The molecule has 16 heavy (non-hydrogen) atoms. The minimum Gasteiger partial charge on any atom is -0.338 e. The highest BCUT2D eigenvalue weighted by atomic mass is 35.5. The molecule has 1 aliphatic rings.